The second kappa shape index (κ2) is 10.5. The van der Waals surface area contributed by atoms with Gasteiger partial charge in [0.15, 0.2) is 0 Å². The molecule has 0 aliphatic heterocycles. The predicted octanol–water partition coefficient (Wildman–Crippen LogP) is 5.33. The van der Waals surface area contributed by atoms with Gasteiger partial charge in [-0.3, -0.25) is 9.59 Å². The van der Waals surface area contributed by atoms with Gasteiger partial charge in [0.2, 0.25) is 11.8 Å². The topological polar surface area (TPSA) is 95.5 Å². The largest absolute Gasteiger partial charge is 0.478 e. The molecule has 6 nitrogen and oxygen atoms in total. The predicted molar refractivity (Wildman–Crippen MR) is 124 cm³/mol. The fraction of sp³-hybridized carbons (Fsp3) is 0.375. The smallest absolute Gasteiger partial charge is 0.335 e. The van der Waals surface area contributed by atoms with Crippen molar-refractivity contribution >= 4 is 40.9 Å². The number of hydrogen-bond acceptors (Lipinski definition) is 4. The Hall–Kier alpha value is -2.80. The van der Waals surface area contributed by atoms with E-state index in [9.17, 15) is 14.4 Å². The van der Waals surface area contributed by atoms with E-state index in [0.717, 1.165) is 41.8 Å². The van der Waals surface area contributed by atoms with Crippen LogP contribution in [0.3, 0.4) is 0 Å². The van der Waals surface area contributed by atoms with E-state index in [1.165, 1.54) is 30.3 Å². The average Bonchev–Trinajstić information content (AvgIpc) is 2.77. The summed E-state index contributed by atoms with van der Waals surface area (Å²) in [7, 11) is 0. The van der Waals surface area contributed by atoms with Crippen LogP contribution in [0.15, 0.2) is 47.4 Å². The van der Waals surface area contributed by atoms with E-state index < -0.39 is 5.97 Å². The number of aromatic carboxylic acids is 1. The normalized spacial score (nSPS) is 15.2. The van der Waals surface area contributed by atoms with Crippen molar-refractivity contribution in [2.75, 3.05) is 10.6 Å². The fourth-order valence-corrected chi connectivity index (χ4v) is 4.48. The van der Waals surface area contributed by atoms with Crippen molar-refractivity contribution in [1.82, 2.24) is 0 Å². The number of aryl methyl sites for hydroxylation is 1. The molecule has 0 radical (unpaired) electrons. The second-order valence-electron chi connectivity index (χ2n) is 7.93. The molecular weight excluding hydrogens is 412 g/mol. The summed E-state index contributed by atoms with van der Waals surface area (Å²) in [6.07, 6.45) is 5.37. The third kappa shape index (κ3) is 6.34. The lowest BCUT2D eigenvalue weighted by molar-refractivity contribution is -0.120. The summed E-state index contributed by atoms with van der Waals surface area (Å²) >= 11 is 1.40. The molecule has 7 heteroatoms. The third-order valence-electron chi connectivity index (χ3n) is 5.52. The molecular formula is C24H28N2O4S. The minimum absolute atomic E-state index is 0.0896. The number of carbonyl (C=O) groups excluding carboxylic acids is 2. The van der Waals surface area contributed by atoms with E-state index >= 15 is 0 Å². The third-order valence-corrected chi connectivity index (χ3v) is 6.63. The molecule has 3 N–H and O–H groups in total. The van der Waals surface area contributed by atoms with Gasteiger partial charge in [-0.15, -0.1) is 11.8 Å². The molecule has 1 aliphatic rings. The minimum atomic E-state index is -1.03. The van der Waals surface area contributed by atoms with Crippen molar-refractivity contribution < 1.29 is 19.5 Å². The van der Waals surface area contributed by atoms with Crippen LogP contribution >= 0.6 is 11.8 Å². The standard InChI is InChI=1S/C24H28N2O4S/c1-15-8-9-18(24(29)30)14-21(15)26-22(27)16(2)31-20-12-10-19(11-13-20)25-23(28)17-6-4-3-5-7-17/h8-14,16-17H,3-7H2,1-2H3,(H,25,28)(H,26,27)(H,29,30). The van der Waals surface area contributed by atoms with Crippen LogP contribution in [0.4, 0.5) is 11.4 Å². The summed E-state index contributed by atoms with van der Waals surface area (Å²) in [6, 6.07) is 12.2. The van der Waals surface area contributed by atoms with Crippen molar-refractivity contribution in [2.45, 2.75) is 56.1 Å². The number of amides is 2. The Kier molecular flexibility index (Phi) is 7.74. The summed E-state index contributed by atoms with van der Waals surface area (Å²) in [4.78, 5) is 37.1. The van der Waals surface area contributed by atoms with Gasteiger partial charge in [-0.05, 0) is 68.7 Å². The molecule has 0 aromatic heterocycles. The van der Waals surface area contributed by atoms with Crippen LogP contribution in [0.2, 0.25) is 0 Å². The lowest BCUT2D eigenvalue weighted by Crippen LogP contribution is -2.24. The summed E-state index contributed by atoms with van der Waals surface area (Å²) in [6.45, 7) is 3.62. The lowest BCUT2D eigenvalue weighted by Gasteiger charge is -2.20. The van der Waals surface area contributed by atoms with Gasteiger partial charge in [0, 0.05) is 22.2 Å². The summed E-state index contributed by atoms with van der Waals surface area (Å²) < 4.78 is 0. The number of hydrogen-bond donors (Lipinski definition) is 3. The molecule has 1 aliphatic carbocycles. The van der Waals surface area contributed by atoms with Gasteiger partial charge in [0.05, 0.1) is 10.8 Å². The molecule has 0 bridgehead atoms. The molecule has 0 heterocycles. The maximum Gasteiger partial charge on any atom is 0.335 e. The van der Waals surface area contributed by atoms with Crippen molar-refractivity contribution in [1.29, 1.82) is 0 Å². The Morgan fingerprint density at radius 2 is 1.68 bits per heavy atom. The quantitative estimate of drug-likeness (QED) is 0.506. The molecule has 1 atom stereocenters. The highest BCUT2D eigenvalue weighted by atomic mass is 32.2. The van der Waals surface area contributed by atoms with Crippen molar-refractivity contribution in [3.05, 3.63) is 53.6 Å². The van der Waals surface area contributed by atoms with Gasteiger partial charge in [-0.25, -0.2) is 4.79 Å². The lowest BCUT2D eigenvalue weighted by atomic mass is 9.88. The molecule has 31 heavy (non-hydrogen) atoms. The summed E-state index contributed by atoms with van der Waals surface area (Å²) in [5.41, 5.74) is 2.19. The molecule has 3 rings (SSSR count). The van der Waals surface area contributed by atoms with Gasteiger partial charge >= 0.3 is 5.97 Å². The number of anilines is 2. The van der Waals surface area contributed by atoms with Gasteiger partial charge in [0.25, 0.3) is 0 Å². The molecule has 1 saturated carbocycles. The highest BCUT2D eigenvalue weighted by Gasteiger charge is 2.21. The first-order valence-electron chi connectivity index (χ1n) is 10.6. The zero-order chi connectivity index (χ0) is 22.4. The summed E-state index contributed by atoms with van der Waals surface area (Å²) in [5, 5.41) is 14.6. The van der Waals surface area contributed by atoms with Crippen molar-refractivity contribution in [3.8, 4) is 0 Å². The first-order valence-corrected chi connectivity index (χ1v) is 11.4. The van der Waals surface area contributed by atoms with Crippen molar-refractivity contribution in [3.63, 3.8) is 0 Å². The molecule has 1 fully saturated rings. The van der Waals surface area contributed by atoms with Gasteiger partial charge in [-0.2, -0.15) is 0 Å². The molecule has 1 unspecified atom stereocenters. The number of carboxylic acid groups (broad SMARTS) is 1. The van der Waals surface area contributed by atoms with E-state index in [2.05, 4.69) is 10.6 Å². The van der Waals surface area contributed by atoms with E-state index in [4.69, 9.17) is 5.11 Å². The Labute approximate surface area is 186 Å². The van der Waals surface area contributed by atoms with Crippen LogP contribution in [-0.2, 0) is 9.59 Å². The fourth-order valence-electron chi connectivity index (χ4n) is 3.61. The van der Waals surface area contributed by atoms with Crippen LogP contribution in [0.1, 0.15) is 54.9 Å². The average molecular weight is 441 g/mol. The zero-order valence-corrected chi connectivity index (χ0v) is 18.6. The Morgan fingerprint density at radius 1 is 1.00 bits per heavy atom. The number of rotatable bonds is 7. The number of benzene rings is 2. The number of thioether (sulfide) groups is 1. The van der Waals surface area contributed by atoms with Gasteiger partial charge in [0.1, 0.15) is 0 Å². The van der Waals surface area contributed by atoms with E-state index in [0.29, 0.717) is 5.69 Å². The molecule has 2 aromatic rings. The van der Waals surface area contributed by atoms with Gasteiger partial charge in [-0.1, -0.05) is 25.3 Å². The van der Waals surface area contributed by atoms with Crippen LogP contribution in [-0.4, -0.2) is 28.1 Å². The van der Waals surface area contributed by atoms with Crippen LogP contribution < -0.4 is 10.6 Å². The van der Waals surface area contributed by atoms with Crippen LogP contribution in [0, 0.1) is 12.8 Å². The molecule has 2 amide bonds. The summed E-state index contributed by atoms with van der Waals surface area (Å²) in [5.74, 6) is -1.04. The Bertz CT molecular complexity index is 953. The molecule has 2 aromatic carbocycles. The molecule has 164 valence electrons. The first kappa shape index (κ1) is 22.9. The number of nitrogens with one attached hydrogen (secondary N) is 2. The molecule has 0 spiro atoms. The first-order chi connectivity index (χ1) is 14.8. The van der Waals surface area contributed by atoms with Crippen molar-refractivity contribution in [2.24, 2.45) is 5.92 Å². The van der Waals surface area contributed by atoms with Crippen LogP contribution in [0.5, 0.6) is 0 Å². The SMILES string of the molecule is Cc1ccc(C(=O)O)cc1NC(=O)C(C)Sc1ccc(NC(=O)C2CCCCC2)cc1. The Morgan fingerprint density at radius 3 is 2.32 bits per heavy atom. The highest BCUT2D eigenvalue weighted by Crippen LogP contribution is 2.28. The van der Waals surface area contributed by atoms with Crippen LogP contribution in [0.25, 0.3) is 0 Å². The minimum Gasteiger partial charge on any atom is -0.478 e. The molecule has 0 saturated heterocycles. The maximum absolute atomic E-state index is 12.6. The number of carbonyl (C=O) groups is 3. The van der Waals surface area contributed by atoms with E-state index in [1.54, 1.807) is 13.0 Å². The van der Waals surface area contributed by atoms with Gasteiger partial charge < -0.3 is 15.7 Å². The highest BCUT2D eigenvalue weighted by molar-refractivity contribution is 8.00. The zero-order valence-electron chi connectivity index (χ0n) is 17.8. The maximum atomic E-state index is 12.6. The number of carboxylic acids is 1. The Balaban J connectivity index is 1.56. The second-order valence-corrected chi connectivity index (χ2v) is 9.35. The monoisotopic (exact) mass is 440 g/mol. The van der Waals surface area contributed by atoms with E-state index in [1.807, 2.05) is 31.2 Å². The van der Waals surface area contributed by atoms with E-state index in [-0.39, 0.29) is 28.5 Å².